The molecule has 2 fully saturated rings. The molecule has 1 aromatic heterocycles. The molecule has 0 aliphatic carbocycles. The highest BCUT2D eigenvalue weighted by atomic mass is 32.1. The summed E-state index contributed by atoms with van der Waals surface area (Å²) in [5, 5.41) is 0. The Bertz CT molecular complexity index is 675. The molecule has 0 N–H and O–H groups in total. The third-order valence-corrected chi connectivity index (χ3v) is 6.72. The second kappa shape index (κ2) is 8.71. The fourth-order valence-electron chi connectivity index (χ4n) is 4.21. The molecule has 0 radical (unpaired) electrons. The smallest absolute Gasteiger partial charge is 0.263 e. The van der Waals surface area contributed by atoms with Crippen LogP contribution in [0.5, 0.6) is 0 Å². The van der Waals surface area contributed by atoms with Gasteiger partial charge in [-0.25, -0.2) is 0 Å². The quantitative estimate of drug-likeness (QED) is 0.744. The van der Waals surface area contributed by atoms with E-state index in [-0.39, 0.29) is 17.2 Å². The largest absolute Gasteiger partial charge is 0.379 e. The second-order valence-corrected chi connectivity index (χ2v) is 9.32. The van der Waals surface area contributed by atoms with Crippen LogP contribution in [0.3, 0.4) is 0 Å². The lowest BCUT2D eigenvalue weighted by atomic mass is 9.73. The van der Waals surface area contributed by atoms with Crippen LogP contribution in [0.4, 0.5) is 0 Å². The monoisotopic (exact) mass is 393 g/mol. The van der Waals surface area contributed by atoms with E-state index in [1.807, 2.05) is 36.0 Å². The number of carbonyl (C=O) groups excluding carboxylic acids is 2. The fourth-order valence-corrected chi connectivity index (χ4v) is 5.16. The maximum Gasteiger partial charge on any atom is 0.263 e. The third-order valence-electron chi connectivity index (χ3n) is 5.67. The molecule has 7 heteroatoms. The number of methoxy groups -OCH3 is 1. The molecule has 3 rings (SSSR count). The lowest BCUT2D eigenvalue weighted by Gasteiger charge is -2.48. The lowest BCUT2D eigenvalue weighted by Crippen LogP contribution is -2.55. The summed E-state index contributed by atoms with van der Waals surface area (Å²) >= 11 is 1.52. The zero-order valence-electron chi connectivity index (χ0n) is 16.7. The molecule has 2 aliphatic rings. The summed E-state index contributed by atoms with van der Waals surface area (Å²) in [6.45, 7) is 4.54. The predicted octanol–water partition coefficient (Wildman–Crippen LogP) is 2.30. The molecule has 1 aromatic rings. The van der Waals surface area contributed by atoms with Gasteiger partial charge in [0.15, 0.2) is 0 Å². The topological polar surface area (TPSA) is 53.1 Å². The second-order valence-electron chi connectivity index (χ2n) is 8.15. The van der Waals surface area contributed by atoms with E-state index < -0.39 is 0 Å². The summed E-state index contributed by atoms with van der Waals surface area (Å²) in [7, 11) is 5.73. The van der Waals surface area contributed by atoms with Crippen molar-refractivity contribution in [1.82, 2.24) is 14.7 Å². The van der Waals surface area contributed by atoms with Gasteiger partial charge in [0.1, 0.15) is 0 Å². The maximum absolute atomic E-state index is 13.0. The summed E-state index contributed by atoms with van der Waals surface area (Å²) in [5.74, 6) is 0.381. The molecule has 6 nitrogen and oxygen atoms in total. The number of rotatable bonds is 6. The van der Waals surface area contributed by atoms with E-state index in [1.54, 1.807) is 7.11 Å². The lowest BCUT2D eigenvalue weighted by molar-refractivity contribution is -0.139. The molecule has 2 aliphatic heterocycles. The van der Waals surface area contributed by atoms with E-state index in [1.165, 1.54) is 11.3 Å². The van der Waals surface area contributed by atoms with Gasteiger partial charge in [-0.1, -0.05) is 0 Å². The molecular formula is C20H31N3O3S. The first-order chi connectivity index (χ1) is 12.9. The molecule has 150 valence electrons. The Morgan fingerprint density at radius 2 is 2.11 bits per heavy atom. The number of hydrogen-bond donors (Lipinski definition) is 0. The number of likely N-dealkylation sites (tertiary alicyclic amines) is 2. The number of thiophene rings is 1. The van der Waals surface area contributed by atoms with Gasteiger partial charge < -0.3 is 19.4 Å². The molecule has 2 saturated heterocycles. The first-order valence-corrected chi connectivity index (χ1v) is 10.5. The van der Waals surface area contributed by atoms with E-state index >= 15 is 0 Å². The van der Waals surface area contributed by atoms with Crippen molar-refractivity contribution in [1.29, 1.82) is 0 Å². The molecule has 0 saturated carbocycles. The molecule has 27 heavy (non-hydrogen) atoms. The Hall–Kier alpha value is -1.44. The van der Waals surface area contributed by atoms with Gasteiger partial charge in [0.25, 0.3) is 5.91 Å². The summed E-state index contributed by atoms with van der Waals surface area (Å²) < 4.78 is 5.16. The Balaban J connectivity index is 1.66. The van der Waals surface area contributed by atoms with Crippen LogP contribution in [-0.2, 0) is 16.1 Å². The summed E-state index contributed by atoms with van der Waals surface area (Å²) in [6.07, 6.45) is 3.61. The molecule has 1 spiro atoms. The van der Waals surface area contributed by atoms with Crippen LogP contribution in [0.1, 0.15) is 40.2 Å². The number of amides is 2. The van der Waals surface area contributed by atoms with E-state index in [2.05, 4.69) is 4.90 Å². The highest BCUT2D eigenvalue weighted by molar-refractivity contribution is 7.14. The Labute approximate surface area is 166 Å². The summed E-state index contributed by atoms with van der Waals surface area (Å²) in [4.78, 5) is 33.4. The van der Waals surface area contributed by atoms with Gasteiger partial charge in [-0.15, -0.1) is 11.3 Å². The molecule has 0 aromatic carbocycles. The molecular weight excluding hydrogens is 362 g/mol. The van der Waals surface area contributed by atoms with Crippen LogP contribution in [0.15, 0.2) is 12.1 Å². The van der Waals surface area contributed by atoms with Gasteiger partial charge in [0.2, 0.25) is 5.91 Å². The van der Waals surface area contributed by atoms with Crippen molar-refractivity contribution in [3.63, 3.8) is 0 Å². The Kier molecular flexibility index (Phi) is 6.55. The van der Waals surface area contributed by atoms with Crippen LogP contribution < -0.4 is 0 Å². The van der Waals surface area contributed by atoms with Crippen molar-refractivity contribution in [3.05, 3.63) is 21.9 Å². The molecule has 3 heterocycles. The van der Waals surface area contributed by atoms with Gasteiger partial charge in [-0.2, -0.15) is 0 Å². The molecule has 0 unspecified atom stereocenters. The minimum Gasteiger partial charge on any atom is -0.379 e. The number of piperidine rings is 2. The summed E-state index contributed by atoms with van der Waals surface area (Å²) in [6, 6.07) is 3.89. The minimum atomic E-state index is 0.0563. The molecule has 2 amide bonds. The SMILES string of the molecule is COCc1ccc(C(=O)N2CCC[C@@]3(CCC(=O)N(CCN(C)C)C3)C2)s1. The zero-order chi connectivity index (χ0) is 19.4. The zero-order valence-corrected chi connectivity index (χ0v) is 17.5. The van der Waals surface area contributed by atoms with Crippen molar-refractivity contribution < 1.29 is 14.3 Å². The van der Waals surface area contributed by atoms with Crippen LogP contribution >= 0.6 is 11.3 Å². The molecule has 0 bridgehead atoms. The van der Waals surface area contributed by atoms with Gasteiger partial charge in [0, 0.05) is 56.5 Å². The van der Waals surface area contributed by atoms with Gasteiger partial charge in [0.05, 0.1) is 11.5 Å². The van der Waals surface area contributed by atoms with Crippen LogP contribution in [0, 0.1) is 5.41 Å². The average molecular weight is 394 g/mol. The first-order valence-electron chi connectivity index (χ1n) is 9.72. The Morgan fingerprint density at radius 3 is 2.85 bits per heavy atom. The number of hydrogen-bond acceptors (Lipinski definition) is 5. The number of likely N-dealkylation sites (N-methyl/N-ethyl adjacent to an activating group) is 1. The van der Waals surface area contributed by atoms with Gasteiger partial charge in [-0.3, -0.25) is 9.59 Å². The van der Waals surface area contributed by atoms with Crippen molar-refractivity contribution in [3.8, 4) is 0 Å². The Morgan fingerprint density at radius 1 is 1.30 bits per heavy atom. The van der Waals surface area contributed by atoms with Gasteiger partial charge in [-0.05, 0) is 45.5 Å². The van der Waals surface area contributed by atoms with Crippen molar-refractivity contribution >= 4 is 23.2 Å². The molecule has 1 atom stereocenters. The van der Waals surface area contributed by atoms with E-state index in [9.17, 15) is 9.59 Å². The number of carbonyl (C=O) groups is 2. The standard InChI is InChI=1S/C20H31N3O3S/c1-21(2)11-12-22-14-20(9-7-18(22)24)8-4-10-23(15-20)19(25)17-6-5-16(27-17)13-26-3/h5-6H,4,7-15H2,1-3H3/t20-/m0/s1. The van der Waals surface area contributed by atoms with Crippen LogP contribution in [-0.4, -0.2) is 80.4 Å². The van der Waals surface area contributed by atoms with Crippen LogP contribution in [0.2, 0.25) is 0 Å². The average Bonchev–Trinajstić information content (AvgIpc) is 3.11. The van der Waals surface area contributed by atoms with E-state index in [0.29, 0.717) is 13.0 Å². The van der Waals surface area contributed by atoms with E-state index in [0.717, 1.165) is 61.7 Å². The third kappa shape index (κ3) is 4.89. The predicted molar refractivity (Wildman–Crippen MR) is 107 cm³/mol. The van der Waals surface area contributed by atoms with Gasteiger partial charge >= 0.3 is 0 Å². The van der Waals surface area contributed by atoms with Crippen molar-refractivity contribution in [2.45, 2.75) is 32.3 Å². The highest BCUT2D eigenvalue weighted by Crippen LogP contribution is 2.39. The number of nitrogens with zero attached hydrogens (tertiary/aromatic N) is 3. The van der Waals surface area contributed by atoms with Crippen molar-refractivity contribution in [2.24, 2.45) is 5.41 Å². The van der Waals surface area contributed by atoms with Crippen LogP contribution in [0.25, 0.3) is 0 Å². The van der Waals surface area contributed by atoms with Crippen molar-refractivity contribution in [2.75, 3.05) is 53.9 Å². The highest BCUT2D eigenvalue weighted by Gasteiger charge is 2.42. The minimum absolute atomic E-state index is 0.0563. The van der Waals surface area contributed by atoms with E-state index in [4.69, 9.17) is 4.74 Å². The fraction of sp³-hybridized carbons (Fsp3) is 0.700. The maximum atomic E-state index is 13.0. The normalized spacial score (nSPS) is 23.5. The number of ether oxygens (including phenoxy) is 1. The first kappa shape index (κ1) is 20.3. The summed E-state index contributed by atoms with van der Waals surface area (Å²) in [5.41, 5.74) is 0.0563.